The number of allylic oxidation sites excluding steroid dienone is 8. The fraction of sp³-hybridized carbons (Fsp3) is 0.735. The summed E-state index contributed by atoms with van der Waals surface area (Å²) in [5, 5.41) is 68.1. The molecule has 12 atom stereocenters. The van der Waals surface area contributed by atoms with E-state index in [4.69, 9.17) is 23.0 Å². The van der Waals surface area contributed by atoms with Crippen LogP contribution < -0.4 is 0 Å². The monoisotopic (exact) mass is 1040 g/mol. The Morgan fingerprint density at radius 2 is 1.46 bits per heavy atom. The lowest BCUT2D eigenvalue weighted by atomic mass is 9.83. The summed E-state index contributed by atoms with van der Waals surface area (Å²) in [5.74, 6) is -5.85. The molecule has 402 valence electrons. The van der Waals surface area contributed by atoms with Crippen LogP contribution in [0.4, 0.5) is 0 Å². The van der Waals surface area contributed by atoms with E-state index in [1.54, 1.807) is 6.08 Å². The van der Waals surface area contributed by atoms with Gasteiger partial charge in [0.2, 0.25) is 0 Å². The molecule has 1 unspecified atom stereocenters. The molecule has 0 saturated heterocycles. The van der Waals surface area contributed by atoms with Gasteiger partial charge < -0.3 is 54.8 Å². The Labute approximate surface area is 413 Å². The van der Waals surface area contributed by atoms with Gasteiger partial charge in [-0.05, 0) is 70.6 Å². The number of fused-ring (bicyclic) bond motifs is 4. The van der Waals surface area contributed by atoms with Crippen LogP contribution in [0.3, 0.4) is 0 Å². The number of aliphatic hydroxyl groups excluding tert-OH is 6. The van der Waals surface area contributed by atoms with Crippen LogP contribution in [0.1, 0.15) is 149 Å². The summed E-state index contributed by atoms with van der Waals surface area (Å²) in [5.41, 5.74) is 0. The fourth-order valence-corrected chi connectivity index (χ4v) is 9.44. The first kappa shape index (κ1) is 63.4. The van der Waals surface area contributed by atoms with E-state index in [1.165, 1.54) is 25.3 Å². The molecule has 0 aromatic heterocycles. The van der Waals surface area contributed by atoms with Crippen LogP contribution in [0.15, 0.2) is 60.8 Å². The molecule has 1 fully saturated rings. The Morgan fingerprint density at radius 3 is 2.11 bits per heavy atom. The van der Waals surface area contributed by atoms with Crippen LogP contribution in [-0.2, 0) is 46.6 Å². The Bertz CT molecular complexity index is 1750. The predicted molar refractivity (Wildman–Crippen MR) is 260 cm³/mol. The van der Waals surface area contributed by atoms with Crippen molar-refractivity contribution in [2.45, 2.75) is 204 Å². The second-order valence-corrected chi connectivity index (χ2v) is 20.6. The largest absolute Gasteiger partial charge is 0.472 e. The van der Waals surface area contributed by atoms with Crippen molar-refractivity contribution in [3.05, 3.63) is 60.8 Å². The molecule has 1 heterocycles. The molecule has 0 aromatic rings. The summed E-state index contributed by atoms with van der Waals surface area (Å²) < 4.78 is 52.1. The van der Waals surface area contributed by atoms with E-state index >= 15 is 0 Å². The molecular formula is C49H82O19P2. The van der Waals surface area contributed by atoms with Gasteiger partial charge in [0.25, 0.3) is 0 Å². The van der Waals surface area contributed by atoms with Crippen molar-refractivity contribution in [2.24, 2.45) is 11.8 Å². The maximum absolute atomic E-state index is 13.9. The summed E-state index contributed by atoms with van der Waals surface area (Å²) in [6, 6.07) is 0. The van der Waals surface area contributed by atoms with Crippen LogP contribution in [0.2, 0.25) is 0 Å². The number of carbonyl (C=O) groups is 3. The second-order valence-electron chi connectivity index (χ2n) is 18.0. The molecule has 1 saturated carbocycles. The summed E-state index contributed by atoms with van der Waals surface area (Å²) in [4.78, 5) is 70.7. The first-order chi connectivity index (χ1) is 33.3. The van der Waals surface area contributed by atoms with Gasteiger partial charge in [0.15, 0.2) is 6.10 Å². The highest BCUT2D eigenvalue weighted by Crippen LogP contribution is 2.49. The molecule has 1 aliphatic heterocycles. The third-order valence-electron chi connectivity index (χ3n) is 11.9. The standard InChI is InChI=1S/C49H82O19P2/c1-3-5-7-8-9-10-11-12-13-14-15-16-17-18-19-20-26-30-43(54)66-37-34-64-42(53)29-25-22-21-24-28-38-40(51)33-41(52)39(32-31-36(50)27-23-6-4-2)45(56)48(67-69(59,60)61)49(47(58)46(57)44(38)55)68-70(62,63)65-35-37/h9-10,12-13,15-16,21,24,31-32,36-40,44-51,55-58H,3-8,11,14,17-20,22-23,25-30,33-35H2,1-2H3,(H,62,63)(H2,59,60,61)/b10-9-,13-12-,16-15-,24-21-,32-31+/t36-,37+,38-,39-,40-,44+,45+,46-,47+,48+,49-/m0/s1. The zero-order valence-corrected chi connectivity index (χ0v) is 42.7. The van der Waals surface area contributed by atoms with Gasteiger partial charge in [-0.2, -0.15) is 0 Å². The third kappa shape index (κ3) is 26.8. The second kappa shape index (κ2) is 35.4. The molecule has 70 heavy (non-hydrogen) atoms. The van der Waals surface area contributed by atoms with Gasteiger partial charge in [0.05, 0.1) is 36.9 Å². The van der Waals surface area contributed by atoms with Crippen molar-refractivity contribution in [2.75, 3.05) is 13.2 Å². The topological polar surface area (TPSA) is 314 Å². The van der Waals surface area contributed by atoms with E-state index in [1.807, 2.05) is 6.92 Å². The number of esters is 2. The minimum atomic E-state index is -5.80. The van der Waals surface area contributed by atoms with Gasteiger partial charge in [-0.25, -0.2) is 9.13 Å². The maximum Gasteiger partial charge on any atom is 0.472 e. The van der Waals surface area contributed by atoms with Gasteiger partial charge in [0, 0.05) is 25.2 Å². The molecule has 0 spiro atoms. The number of cyclic esters (lactones) is 1. The fourth-order valence-electron chi connectivity index (χ4n) is 7.91. The van der Waals surface area contributed by atoms with Crippen molar-refractivity contribution in [3.63, 3.8) is 0 Å². The summed E-state index contributed by atoms with van der Waals surface area (Å²) >= 11 is 0. The zero-order valence-electron chi connectivity index (χ0n) is 40.9. The molecule has 2 aliphatic rings. The van der Waals surface area contributed by atoms with E-state index < -0.39 is 120 Å². The minimum absolute atomic E-state index is 0.0642. The SMILES string of the molecule is CCCCC/C=C\C/C=C\C/C=C\CCCCCCC(=O)O[C@@H]1COC(=O)CCC/C=C\C[C@@H]2[C@@H](O)[C@H](O)[C@@H](O)[C@H](OP(=O)(O)OC1)[C@H](OP(=O)(O)O)[C@H](O)[C@@H](/C=C/[C@@H](O)CCCCC)C(=O)C[C@@H]2O. The number of phosphoric acid groups is 2. The highest BCUT2D eigenvalue weighted by molar-refractivity contribution is 7.47. The Morgan fingerprint density at radius 1 is 0.829 bits per heavy atom. The molecule has 0 radical (unpaired) electrons. The number of ether oxygens (including phenoxy) is 2. The molecular weight excluding hydrogens is 954 g/mol. The summed E-state index contributed by atoms with van der Waals surface area (Å²) in [6.07, 6.45) is 10.3. The number of rotatable bonds is 24. The molecule has 1 aliphatic carbocycles. The van der Waals surface area contributed by atoms with Crippen molar-refractivity contribution < 1.29 is 91.9 Å². The van der Waals surface area contributed by atoms with Crippen molar-refractivity contribution in [1.82, 2.24) is 0 Å². The number of aliphatic hydroxyl groups is 6. The number of hydrogen-bond acceptors (Lipinski definition) is 16. The smallest absolute Gasteiger partial charge is 0.462 e. The van der Waals surface area contributed by atoms with Gasteiger partial charge in [-0.3, -0.25) is 28.0 Å². The normalized spacial score (nSPS) is 30.6. The Kier molecular flexibility index (Phi) is 32.1. The quantitative estimate of drug-likeness (QED) is 0.0218. The minimum Gasteiger partial charge on any atom is -0.462 e. The highest BCUT2D eigenvalue weighted by Gasteiger charge is 2.51. The number of phosphoric ester groups is 2. The molecule has 19 nitrogen and oxygen atoms in total. The number of carbonyl (C=O) groups excluding carboxylic acids is 3. The van der Waals surface area contributed by atoms with Crippen LogP contribution in [0.25, 0.3) is 0 Å². The molecule has 0 aromatic carbocycles. The average Bonchev–Trinajstić information content (AvgIpc) is 3.30. The predicted octanol–water partition coefficient (Wildman–Crippen LogP) is 6.43. The maximum atomic E-state index is 13.9. The summed E-state index contributed by atoms with van der Waals surface area (Å²) in [7, 11) is -11.5. The number of ketones is 1. The van der Waals surface area contributed by atoms with Crippen LogP contribution in [-0.4, -0.2) is 131 Å². The van der Waals surface area contributed by atoms with E-state index in [9.17, 15) is 68.8 Å². The van der Waals surface area contributed by atoms with Crippen molar-refractivity contribution in [1.29, 1.82) is 0 Å². The van der Waals surface area contributed by atoms with E-state index in [2.05, 4.69) is 43.4 Å². The van der Waals surface area contributed by atoms with E-state index in [0.717, 1.165) is 63.5 Å². The zero-order chi connectivity index (χ0) is 52.0. The molecule has 0 amide bonds. The molecule has 9 N–H and O–H groups in total. The first-order valence-electron chi connectivity index (χ1n) is 24.9. The average molecular weight is 1040 g/mol. The third-order valence-corrected chi connectivity index (χ3v) is 13.4. The van der Waals surface area contributed by atoms with Crippen LogP contribution in [0.5, 0.6) is 0 Å². The molecule has 21 heteroatoms. The van der Waals surface area contributed by atoms with Gasteiger partial charge >= 0.3 is 27.6 Å². The van der Waals surface area contributed by atoms with Gasteiger partial charge in [-0.1, -0.05) is 120 Å². The van der Waals surface area contributed by atoms with E-state index in [0.29, 0.717) is 19.3 Å². The Balaban J connectivity index is 2.32. The lowest BCUT2D eigenvalue weighted by Crippen LogP contribution is -2.56. The Hall–Kier alpha value is -2.71. The molecule has 2 bridgehead atoms. The lowest BCUT2D eigenvalue weighted by Gasteiger charge is -2.38. The van der Waals surface area contributed by atoms with Crippen molar-refractivity contribution >= 4 is 33.4 Å². The highest BCUT2D eigenvalue weighted by atomic mass is 31.2. The summed E-state index contributed by atoms with van der Waals surface area (Å²) in [6.45, 7) is 2.49. The molecule has 2 rings (SSSR count). The lowest BCUT2D eigenvalue weighted by molar-refractivity contribution is -0.165. The van der Waals surface area contributed by atoms with Crippen molar-refractivity contribution in [3.8, 4) is 0 Å². The first-order valence-corrected chi connectivity index (χ1v) is 28.0. The van der Waals surface area contributed by atoms with Crippen LogP contribution in [0, 0.1) is 11.8 Å². The van der Waals surface area contributed by atoms with Gasteiger partial charge in [0.1, 0.15) is 36.8 Å². The van der Waals surface area contributed by atoms with Crippen LogP contribution >= 0.6 is 15.6 Å². The number of Topliss-reactive ketones (excluding diaryl/α,β-unsaturated/α-hetero) is 1. The number of hydrogen-bond donors (Lipinski definition) is 9. The van der Waals surface area contributed by atoms with E-state index in [-0.39, 0.29) is 38.5 Å². The number of unbranched alkanes of at least 4 members (excludes halogenated alkanes) is 9. The van der Waals surface area contributed by atoms with Gasteiger partial charge in [-0.15, -0.1) is 0 Å².